The third kappa shape index (κ3) is 4.44. The molecule has 9 heteroatoms. The molecule has 0 N–H and O–H groups in total. The van der Waals surface area contributed by atoms with Crippen molar-refractivity contribution >= 4 is 22.9 Å². The third-order valence-electron chi connectivity index (χ3n) is 5.52. The molecule has 0 unspecified atom stereocenters. The number of hydrogen-bond acceptors (Lipinski definition) is 9. The number of hydrogen-bond donors (Lipinski definition) is 0. The molecule has 35 heavy (non-hydrogen) atoms. The number of methoxy groups -OCH3 is 1. The lowest BCUT2D eigenvalue weighted by molar-refractivity contribution is 0.0485. The maximum atomic E-state index is 13.4. The standard InChI is InChI=1S/C26H24O9/c1-6-31-26(29)20-9-7-16(35-20)12-32-19-10-8-17-23(27)22(15(4)34-24(17)13(19)2)18-11-21(25(28)30-5)33-14(18)3/h7-11H,6,12H2,1-5H3. The zero-order chi connectivity index (χ0) is 25.3. The average molecular weight is 480 g/mol. The number of fused-ring (bicyclic) bond motifs is 1. The predicted molar refractivity (Wildman–Crippen MR) is 125 cm³/mol. The Morgan fingerprint density at radius 2 is 1.69 bits per heavy atom. The fourth-order valence-corrected chi connectivity index (χ4v) is 3.80. The van der Waals surface area contributed by atoms with Gasteiger partial charge in [-0.25, -0.2) is 9.59 Å². The van der Waals surface area contributed by atoms with Crippen LogP contribution in [0.2, 0.25) is 0 Å². The van der Waals surface area contributed by atoms with Crippen molar-refractivity contribution in [3.8, 4) is 16.9 Å². The first kappa shape index (κ1) is 23.9. The fourth-order valence-electron chi connectivity index (χ4n) is 3.80. The fraction of sp³-hybridized carbons (Fsp3) is 0.269. The maximum absolute atomic E-state index is 13.4. The van der Waals surface area contributed by atoms with Gasteiger partial charge in [-0.1, -0.05) is 0 Å². The molecule has 0 saturated carbocycles. The first-order chi connectivity index (χ1) is 16.7. The number of benzene rings is 1. The Morgan fingerprint density at radius 1 is 0.914 bits per heavy atom. The Morgan fingerprint density at radius 3 is 2.40 bits per heavy atom. The number of carbonyl (C=O) groups is 2. The van der Waals surface area contributed by atoms with Gasteiger partial charge in [0.2, 0.25) is 16.9 Å². The molecule has 0 fully saturated rings. The van der Waals surface area contributed by atoms with E-state index in [4.69, 9.17) is 27.5 Å². The summed E-state index contributed by atoms with van der Waals surface area (Å²) in [6, 6.07) is 7.93. The second-order valence-electron chi connectivity index (χ2n) is 7.77. The Bertz CT molecular complexity index is 1480. The molecule has 0 aliphatic rings. The summed E-state index contributed by atoms with van der Waals surface area (Å²) in [5, 5.41) is 0.360. The van der Waals surface area contributed by atoms with Gasteiger partial charge in [0.1, 0.15) is 35.2 Å². The summed E-state index contributed by atoms with van der Waals surface area (Å²) in [6.45, 7) is 7.15. The monoisotopic (exact) mass is 480 g/mol. The van der Waals surface area contributed by atoms with Crippen LogP contribution in [0.3, 0.4) is 0 Å². The quantitative estimate of drug-likeness (QED) is 0.332. The third-order valence-corrected chi connectivity index (χ3v) is 5.52. The van der Waals surface area contributed by atoms with E-state index in [0.29, 0.717) is 50.7 Å². The topological polar surface area (TPSA) is 118 Å². The predicted octanol–water partition coefficient (Wildman–Crippen LogP) is 5.11. The zero-order valence-electron chi connectivity index (χ0n) is 20.0. The summed E-state index contributed by atoms with van der Waals surface area (Å²) >= 11 is 0. The van der Waals surface area contributed by atoms with Crippen molar-refractivity contribution in [3.63, 3.8) is 0 Å². The Labute approximate surface area is 200 Å². The van der Waals surface area contributed by atoms with Crippen LogP contribution in [-0.2, 0) is 16.1 Å². The highest BCUT2D eigenvalue weighted by Crippen LogP contribution is 2.33. The molecule has 0 aliphatic heterocycles. The van der Waals surface area contributed by atoms with Gasteiger partial charge in [-0.3, -0.25) is 4.79 Å². The van der Waals surface area contributed by atoms with E-state index in [0.717, 1.165) is 0 Å². The summed E-state index contributed by atoms with van der Waals surface area (Å²) in [7, 11) is 1.25. The summed E-state index contributed by atoms with van der Waals surface area (Å²) < 4.78 is 32.5. The van der Waals surface area contributed by atoms with Gasteiger partial charge in [-0.05, 0) is 58.0 Å². The van der Waals surface area contributed by atoms with Crippen LogP contribution in [0, 0.1) is 20.8 Å². The molecule has 1 aromatic carbocycles. The van der Waals surface area contributed by atoms with Crippen molar-refractivity contribution < 1.29 is 37.1 Å². The molecule has 0 radical (unpaired) electrons. The summed E-state index contributed by atoms with van der Waals surface area (Å²) in [6.07, 6.45) is 0. The lowest BCUT2D eigenvalue weighted by Crippen LogP contribution is -2.09. The van der Waals surface area contributed by atoms with Crippen LogP contribution >= 0.6 is 0 Å². The summed E-state index contributed by atoms with van der Waals surface area (Å²) in [4.78, 5) is 37.0. The van der Waals surface area contributed by atoms with Crippen LogP contribution in [0.25, 0.3) is 22.1 Å². The van der Waals surface area contributed by atoms with Crippen molar-refractivity contribution in [1.82, 2.24) is 0 Å². The van der Waals surface area contributed by atoms with E-state index in [1.807, 2.05) is 0 Å². The molecule has 0 atom stereocenters. The molecule has 3 aromatic heterocycles. The van der Waals surface area contributed by atoms with Gasteiger partial charge in [0, 0.05) is 11.1 Å². The van der Waals surface area contributed by atoms with Gasteiger partial charge in [-0.2, -0.15) is 0 Å². The lowest BCUT2D eigenvalue weighted by Gasteiger charge is -2.12. The van der Waals surface area contributed by atoms with E-state index >= 15 is 0 Å². The van der Waals surface area contributed by atoms with Gasteiger partial charge >= 0.3 is 11.9 Å². The number of ether oxygens (including phenoxy) is 3. The molecule has 4 rings (SSSR count). The molecule has 4 aromatic rings. The first-order valence-corrected chi connectivity index (χ1v) is 10.9. The number of aryl methyl sites for hydroxylation is 3. The van der Waals surface area contributed by atoms with Crippen molar-refractivity contribution in [2.24, 2.45) is 0 Å². The highest BCUT2D eigenvalue weighted by molar-refractivity contribution is 5.91. The Kier molecular flexibility index (Phi) is 6.50. The molecule has 0 saturated heterocycles. The molecule has 9 nitrogen and oxygen atoms in total. The highest BCUT2D eigenvalue weighted by atomic mass is 16.5. The molecule has 0 amide bonds. The molecule has 3 heterocycles. The molecule has 0 aliphatic carbocycles. The Balaban J connectivity index is 1.66. The summed E-state index contributed by atoms with van der Waals surface area (Å²) in [5.41, 5.74) is 1.53. The minimum atomic E-state index is -0.634. The van der Waals surface area contributed by atoms with Crippen LogP contribution < -0.4 is 10.2 Å². The van der Waals surface area contributed by atoms with E-state index in [1.54, 1.807) is 45.9 Å². The number of furan rings is 2. The highest BCUT2D eigenvalue weighted by Gasteiger charge is 2.23. The van der Waals surface area contributed by atoms with E-state index < -0.39 is 11.9 Å². The van der Waals surface area contributed by atoms with Crippen LogP contribution in [0.4, 0.5) is 0 Å². The largest absolute Gasteiger partial charge is 0.485 e. The van der Waals surface area contributed by atoms with Crippen molar-refractivity contribution in [2.45, 2.75) is 34.3 Å². The second-order valence-corrected chi connectivity index (χ2v) is 7.77. The van der Waals surface area contributed by atoms with Gasteiger partial charge in [-0.15, -0.1) is 0 Å². The number of esters is 2. The minimum Gasteiger partial charge on any atom is -0.485 e. The molecule has 0 spiro atoms. The summed E-state index contributed by atoms with van der Waals surface area (Å²) in [5.74, 6) is 0.631. The van der Waals surface area contributed by atoms with E-state index in [1.165, 1.54) is 19.2 Å². The van der Waals surface area contributed by atoms with Crippen LogP contribution in [0.1, 0.15) is 50.9 Å². The smallest absolute Gasteiger partial charge is 0.374 e. The average Bonchev–Trinajstić information content (AvgIpc) is 3.46. The normalized spacial score (nSPS) is 11.0. The van der Waals surface area contributed by atoms with Crippen molar-refractivity contribution in [1.29, 1.82) is 0 Å². The van der Waals surface area contributed by atoms with Crippen LogP contribution in [-0.4, -0.2) is 25.7 Å². The molecular weight excluding hydrogens is 456 g/mol. The first-order valence-electron chi connectivity index (χ1n) is 10.9. The van der Waals surface area contributed by atoms with Gasteiger partial charge in [0.15, 0.2) is 0 Å². The minimum absolute atomic E-state index is 0.00265. The second kappa shape index (κ2) is 9.54. The van der Waals surface area contributed by atoms with Gasteiger partial charge < -0.3 is 27.5 Å². The zero-order valence-corrected chi connectivity index (χ0v) is 20.0. The van der Waals surface area contributed by atoms with E-state index in [9.17, 15) is 14.4 Å². The SMILES string of the molecule is CCOC(=O)c1ccc(COc2ccc3c(=O)c(-c4cc(C(=O)OC)oc4C)c(C)oc3c2C)o1. The van der Waals surface area contributed by atoms with Crippen molar-refractivity contribution in [2.75, 3.05) is 13.7 Å². The van der Waals surface area contributed by atoms with E-state index in [-0.39, 0.29) is 30.2 Å². The van der Waals surface area contributed by atoms with Crippen molar-refractivity contribution in [3.05, 3.63) is 74.9 Å². The van der Waals surface area contributed by atoms with Gasteiger partial charge in [0.25, 0.3) is 0 Å². The van der Waals surface area contributed by atoms with Crippen LogP contribution in [0.5, 0.6) is 5.75 Å². The number of carbonyl (C=O) groups excluding carboxylic acids is 2. The molecule has 182 valence electrons. The maximum Gasteiger partial charge on any atom is 0.374 e. The molecule has 0 bridgehead atoms. The lowest BCUT2D eigenvalue weighted by atomic mass is 10.0. The molecular formula is C26H24O9. The number of rotatable bonds is 7. The van der Waals surface area contributed by atoms with Gasteiger partial charge in [0.05, 0.1) is 24.7 Å². The van der Waals surface area contributed by atoms with E-state index in [2.05, 4.69) is 0 Å². The van der Waals surface area contributed by atoms with Crippen LogP contribution in [0.15, 0.2) is 48.4 Å². The Hall–Kier alpha value is -4.27.